The number of hydrogen-bond donors (Lipinski definition) is 0. The average Bonchev–Trinajstić information content (AvgIpc) is 3.40. The molecule has 10 heteroatoms. The molecule has 9 nitrogen and oxygen atoms in total. The predicted molar refractivity (Wildman–Crippen MR) is 115 cm³/mol. The molecule has 0 N–H and O–H groups in total. The number of oxazole rings is 1. The second kappa shape index (κ2) is 8.48. The molecule has 0 aliphatic heterocycles. The largest absolute Gasteiger partial charge is 0.444 e. The molecule has 0 saturated heterocycles. The molecule has 0 aliphatic rings. The van der Waals surface area contributed by atoms with Crippen molar-refractivity contribution in [3.05, 3.63) is 60.0 Å². The van der Waals surface area contributed by atoms with Crippen molar-refractivity contribution in [2.24, 2.45) is 0 Å². The van der Waals surface area contributed by atoms with Crippen LogP contribution in [0, 0.1) is 6.92 Å². The lowest BCUT2D eigenvalue weighted by Crippen LogP contribution is -2.30. The van der Waals surface area contributed by atoms with E-state index in [-0.39, 0.29) is 11.5 Å². The second-order valence-electron chi connectivity index (χ2n) is 6.99. The summed E-state index contributed by atoms with van der Waals surface area (Å²) in [6, 6.07) is 12.5. The van der Waals surface area contributed by atoms with E-state index in [0.29, 0.717) is 35.7 Å². The number of aryl methyl sites for hydroxylation is 1. The highest BCUT2D eigenvalue weighted by Crippen LogP contribution is 2.21. The first-order chi connectivity index (χ1) is 14.9. The number of nitrogens with zero attached hydrogens (tertiary/aromatic N) is 5. The Morgan fingerprint density at radius 1 is 1.10 bits per heavy atom. The smallest absolute Gasteiger partial charge is 0.243 e. The molecule has 0 bridgehead atoms. The molecule has 0 atom stereocenters. The van der Waals surface area contributed by atoms with Gasteiger partial charge < -0.3 is 9.25 Å². The van der Waals surface area contributed by atoms with Crippen LogP contribution in [0.3, 0.4) is 0 Å². The van der Waals surface area contributed by atoms with Gasteiger partial charge in [0, 0.05) is 18.7 Å². The molecule has 0 spiro atoms. The maximum atomic E-state index is 12.8. The van der Waals surface area contributed by atoms with Crippen LogP contribution in [-0.4, -0.2) is 46.0 Å². The van der Waals surface area contributed by atoms with Gasteiger partial charge in [-0.25, -0.2) is 13.4 Å². The number of aromatic nitrogens is 4. The van der Waals surface area contributed by atoms with Crippen molar-refractivity contribution in [1.29, 1.82) is 0 Å². The first kappa shape index (κ1) is 21.0. The summed E-state index contributed by atoms with van der Waals surface area (Å²) in [7, 11) is -3.60. The Hall–Kier alpha value is -3.24. The molecule has 2 aromatic heterocycles. The molecule has 4 aromatic rings. The van der Waals surface area contributed by atoms with Gasteiger partial charge in [-0.2, -0.15) is 4.31 Å². The van der Waals surface area contributed by atoms with Gasteiger partial charge in [-0.15, -0.1) is 5.10 Å². The van der Waals surface area contributed by atoms with Gasteiger partial charge in [0.2, 0.25) is 15.9 Å². The first-order valence-electron chi connectivity index (χ1n) is 9.92. The fourth-order valence-electron chi connectivity index (χ4n) is 3.18. The van der Waals surface area contributed by atoms with E-state index in [4.69, 9.17) is 9.25 Å². The van der Waals surface area contributed by atoms with Crippen molar-refractivity contribution >= 4 is 21.1 Å². The van der Waals surface area contributed by atoms with E-state index in [1.165, 1.54) is 27.5 Å². The molecule has 162 valence electrons. The molecule has 4 rings (SSSR count). The Morgan fingerprint density at radius 2 is 1.84 bits per heavy atom. The topological polar surface area (TPSA) is 103 Å². The fourth-order valence-corrected chi connectivity index (χ4v) is 4.65. The summed E-state index contributed by atoms with van der Waals surface area (Å²) in [4.78, 5) is 11.5. The summed E-state index contributed by atoms with van der Waals surface area (Å²) < 4.78 is 32.6. The summed E-state index contributed by atoms with van der Waals surface area (Å²) in [5.74, 6) is 0.495. The molecule has 31 heavy (non-hydrogen) atoms. The van der Waals surface area contributed by atoms with Gasteiger partial charge in [-0.1, -0.05) is 36.4 Å². The molecule has 0 saturated carbocycles. The van der Waals surface area contributed by atoms with E-state index >= 15 is 0 Å². The zero-order chi connectivity index (χ0) is 22.0. The highest BCUT2D eigenvalue weighted by atomic mass is 32.2. The molecule has 0 radical (unpaired) electrons. The summed E-state index contributed by atoms with van der Waals surface area (Å²) in [5.41, 5.74) is 3.58. The van der Waals surface area contributed by atoms with Crippen molar-refractivity contribution in [3.8, 4) is 11.5 Å². The quantitative estimate of drug-likeness (QED) is 0.414. The number of fused-ring (bicyclic) bond motifs is 1. The minimum Gasteiger partial charge on any atom is -0.444 e. The lowest BCUT2D eigenvalue weighted by Gasteiger charge is -2.18. The van der Waals surface area contributed by atoms with Gasteiger partial charge in [-0.3, -0.25) is 0 Å². The van der Waals surface area contributed by atoms with Crippen molar-refractivity contribution < 1.29 is 17.7 Å². The third kappa shape index (κ3) is 4.17. The Morgan fingerprint density at radius 3 is 2.55 bits per heavy atom. The van der Waals surface area contributed by atoms with E-state index < -0.39 is 10.0 Å². The van der Waals surface area contributed by atoms with Crippen LogP contribution in [0.15, 0.2) is 58.0 Å². The van der Waals surface area contributed by atoms with Crippen molar-refractivity contribution in [2.45, 2.75) is 32.3 Å². The highest BCUT2D eigenvalue weighted by Gasteiger charge is 2.23. The Labute approximate surface area is 180 Å². The van der Waals surface area contributed by atoms with Crippen LogP contribution in [-0.2, 0) is 16.6 Å². The minimum absolute atomic E-state index is 0.0842. The van der Waals surface area contributed by atoms with Crippen LogP contribution < -0.4 is 4.84 Å². The van der Waals surface area contributed by atoms with Crippen LogP contribution in [0.25, 0.3) is 22.5 Å². The van der Waals surface area contributed by atoms with Gasteiger partial charge in [0.05, 0.1) is 4.90 Å². The van der Waals surface area contributed by atoms with Crippen molar-refractivity contribution in [1.82, 2.24) is 24.4 Å². The average molecular weight is 442 g/mol. The van der Waals surface area contributed by atoms with Gasteiger partial charge in [0.1, 0.15) is 23.0 Å². The molecule has 0 fully saturated rings. The summed E-state index contributed by atoms with van der Waals surface area (Å²) >= 11 is 0. The molecule has 2 aromatic carbocycles. The Bertz CT molecular complexity index is 1290. The van der Waals surface area contributed by atoms with E-state index in [2.05, 4.69) is 15.3 Å². The zero-order valence-corrected chi connectivity index (χ0v) is 18.3. The molecule has 0 unspecified atom stereocenters. The second-order valence-corrected chi connectivity index (χ2v) is 8.92. The fraction of sp³-hybridized carbons (Fsp3) is 0.286. The summed E-state index contributed by atoms with van der Waals surface area (Å²) in [6.07, 6.45) is 1.52. The van der Waals surface area contributed by atoms with Gasteiger partial charge in [0.25, 0.3) is 0 Å². The number of sulfonamides is 1. The highest BCUT2D eigenvalue weighted by molar-refractivity contribution is 7.89. The lowest BCUT2D eigenvalue weighted by atomic mass is 10.1. The van der Waals surface area contributed by atoms with E-state index in [1.54, 1.807) is 19.9 Å². The molecular formula is C21H23N5O4S. The van der Waals surface area contributed by atoms with Crippen LogP contribution >= 0.6 is 0 Å². The van der Waals surface area contributed by atoms with Gasteiger partial charge in [0.15, 0.2) is 6.61 Å². The normalized spacial score (nSPS) is 12.0. The maximum absolute atomic E-state index is 12.8. The van der Waals surface area contributed by atoms with E-state index in [1.807, 2.05) is 31.2 Å². The van der Waals surface area contributed by atoms with Crippen molar-refractivity contribution in [3.63, 3.8) is 0 Å². The molecule has 0 aliphatic carbocycles. The number of rotatable bonds is 8. The van der Waals surface area contributed by atoms with Crippen LogP contribution in [0.5, 0.6) is 0 Å². The van der Waals surface area contributed by atoms with Crippen LogP contribution in [0.4, 0.5) is 0 Å². The number of hydrogen-bond acceptors (Lipinski definition) is 7. The van der Waals surface area contributed by atoms with Crippen LogP contribution in [0.2, 0.25) is 0 Å². The predicted octanol–water partition coefficient (Wildman–Crippen LogP) is 3.05. The molecular weight excluding hydrogens is 418 g/mol. The zero-order valence-electron chi connectivity index (χ0n) is 17.5. The lowest BCUT2D eigenvalue weighted by molar-refractivity contribution is 0.0730. The number of benzene rings is 2. The Kier molecular flexibility index (Phi) is 5.75. The van der Waals surface area contributed by atoms with E-state index in [9.17, 15) is 8.42 Å². The Balaban J connectivity index is 1.55. The first-order valence-corrected chi connectivity index (χ1v) is 11.4. The van der Waals surface area contributed by atoms with Crippen molar-refractivity contribution in [2.75, 3.05) is 13.1 Å². The van der Waals surface area contributed by atoms with Gasteiger partial charge in [-0.05, 0) is 42.5 Å². The SMILES string of the molecule is CCN(CC)S(=O)(=O)c1ccc2nnn(OCc3coc(-c4ccc(C)cc4)n3)c2c1. The maximum Gasteiger partial charge on any atom is 0.243 e. The minimum atomic E-state index is -3.60. The monoisotopic (exact) mass is 441 g/mol. The van der Waals surface area contributed by atoms with Crippen LogP contribution in [0.1, 0.15) is 25.1 Å². The van der Waals surface area contributed by atoms with E-state index in [0.717, 1.165) is 11.1 Å². The molecule has 2 heterocycles. The summed E-state index contributed by atoms with van der Waals surface area (Å²) in [6.45, 7) is 6.48. The summed E-state index contributed by atoms with van der Waals surface area (Å²) in [5, 5.41) is 8.01. The molecule has 0 amide bonds. The third-order valence-corrected chi connectivity index (χ3v) is 6.96. The standard InChI is InChI=1S/C21H23N5O4S/c1-4-25(5-2)31(27,28)18-10-11-19-20(12-18)26(24-23-19)30-14-17-13-29-21(22-17)16-8-6-15(3)7-9-16/h6-13H,4-5,14H2,1-3H3. The third-order valence-electron chi connectivity index (χ3n) is 4.91. The van der Waals surface area contributed by atoms with Gasteiger partial charge >= 0.3 is 0 Å².